The number of hydrogen-bond donors (Lipinski definition) is 2. The van der Waals surface area contributed by atoms with Crippen LogP contribution >= 0.6 is 0 Å². The first-order valence-corrected chi connectivity index (χ1v) is 10.4. The Kier molecular flexibility index (Phi) is 6.98. The van der Waals surface area contributed by atoms with E-state index in [9.17, 15) is 13.2 Å². The summed E-state index contributed by atoms with van der Waals surface area (Å²) >= 11 is 0. The van der Waals surface area contributed by atoms with Crippen LogP contribution in [0.3, 0.4) is 0 Å². The van der Waals surface area contributed by atoms with E-state index < -0.39 is 10.0 Å². The molecule has 1 heterocycles. The quantitative estimate of drug-likeness (QED) is 0.769. The molecule has 3 N–H and O–H groups in total. The Labute approximate surface area is 150 Å². The Morgan fingerprint density at radius 3 is 2.56 bits per heavy atom. The first-order valence-electron chi connectivity index (χ1n) is 8.95. The molecule has 2 rings (SSSR count). The lowest BCUT2D eigenvalue weighted by Crippen LogP contribution is -2.49. The van der Waals surface area contributed by atoms with Gasteiger partial charge in [-0.25, -0.2) is 8.42 Å². The second kappa shape index (κ2) is 8.78. The molecule has 1 aliphatic rings. The van der Waals surface area contributed by atoms with Crippen LogP contribution in [-0.4, -0.2) is 44.3 Å². The second-order valence-electron chi connectivity index (χ2n) is 6.83. The highest BCUT2D eigenvalue weighted by molar-refractivity contribution is 7.89. The van der Waals surface area contributed by atoms with E-state index in [4.69, 9.17) is 5.73 Å². The Morgan fingerprint density at radius 2 is 1.96 bits per heavy atom. The predicted octanol–water partition coefficient (Wildman–Crippen LogP) is 1.82. The van der Waals surface area contributed by atoms with Crippen molar-refractivity contribution in [1.29, 1.82) is 0 Å². The highest BCUT2D eigenvalue weighted by Gasteiger charge is 2.33. The number of nitrogens with one attached hydrogen (secondary N) is 1. The first-order chi connectivity index (χ1) is 11.9. The van der Waals surface area contributed by atoms with E-state index >= 15 is 0 Å². The zero-order chi connectivity index (χ0) is 18.4. The third-order valence-electron chi connectivity index (χ3n) is 4.63. The molecule has 0 spiro atoms. The zero-order valence-electron chi connectivity index (χ0n) is 15.1. The molecule has 0 aromatic heterocycles. The van der Waals surface area contributed by atoms with E-state index in [1.807, 2.05) is 12.1 Å². The lowest BCUT2D eigenvalue weighted by atomic mass is 10.0. The summed E-state index contributed by atoms with van der Waals surface area (Å²) in [4.78, 5) is 12.0. The second-order valence-corrected chi connectivity index (χ2v) is 8.72. The van der Waals surface area contributed by atoms with Crippen molar-refractivity contribution in [3.63, 3.8) is 0 Å². The van der Waals surface area contributed by atoms with Crippen LogP contribution < -0.4 is 11.1 Å². The van der Waals surface area contributed by atoms with Gasteiger partial charge in [0, 0.05) is 32.1 Å². The van der Waals surface area contributed by atoms with Crippen molar-refractivity contribution in [1.82, 2.24) is 9.62 Å². The van der Waals surface area contributed by atoms with Crippen LogP contribution in [0.15, 0.2) is 29.2 Å². The van der Waals surface area contributed by atoms with Crippen molar-refractivity contribution in [2.24, 2.45) is 5.73 Å². The average molecular weight is 368 g/mol. The fraction of sp³-hybridized carbons (Fsp3) is 0.611. The molecule has 25 heavy (non-hydrogen) atoms. The van der Waals surface area contributed by atoms with Gasteiger partial charge in [-0.05, 0) is 36.5 Å². The average Bonchev–Trinajstić information content (AvgIpc) is 2.60. The number of carbonyl (C=O) groups excluding carboxylic acids is 1. The molecular formula is C18H29N3O3S. The number of sulfonamides is 1. The normalized spacial score (nSPS) is 19.1. The number of amides is 1. The molecule has 140 valence electrons. The molecule has 1 fully saturated rings. The van der Waals surface area contributed by atoms with Gasteiger partial charge in [-0.3, -0.25) is 4.79 Å². The fourth-order valence-corrected chi connectivity index (χ4v) is 4.80. The SMILES string of the molecule is CC(C)c1ccc(S(=O)(=O)N2CCCCC2CNC(=O)CCN)cc1. The van der Waals surface area contributed by atoms with Crippen molar-refractivity contribution < 1.29 is 13.2 Å². The molecule has 1 aliphatic heterocycles. The predicted molar refractivity (Wildman–Crippen MR) is 98.7 cm³/mol. The monoisotopic (exact) mass is 367 g/mol. The lowest BCUT2D eigenvalue weighted by molar-refractivity contribution is -0.121. The van der Waals surface area contributed by atoms with Crippen LogP contribution in [-0.2, 0) is 14.8 Å². The molecule has 1 atom stereocenters. The van der Waals surface area contributed by atoms with E-state index in [0.717, 1.165) is 24.8 Å². The molecule has 0 aliphatic carbocycles. The summed E-state index contributed by atoms with van der Waals surface area (Å²) in [7, 11) is -3.56. The molecular weight excluding hydrogens is 338 g/mol. The van der Waals surface area contributed by atoms with Gasteiger partial charge < -0.3 is 11.1 Å². The van der Waals surface area contributed by atoms with Crippen LogP contribution in [0.1, 0.15) is 51.0 Å². The summed E-state index contributed by atoms with van der Waals surface area (Å²) in [5, 5.41) is 2.81. The van der Waals surface area contributed by atoms with E-state index in [-0.39, 0.29) is 18.4 Å². The molecule has 1 unspecified atom stereocenters. The minimum atomic E-state index is -3.56. The zero-order valence-corrected chi connectivity index (χ0v) is 15.9. The number of piperidine rings is 1. The van der Waals surface area contributed by atoms with Gasteiger partial charge in [0.15, 0.2) is 0 Å². The number of carbonyl (C=O) groups is 1. The summed E-state index contributed by atoms with van der Waals surface area (Å²) in [5.74, 6) is 0.226. The molecule has 1 aromatic rings. The number of nitrogens with zero attached hydrogens (tertiary/aromatic N) is 1. The number of rotatable bonds is 7. The van der Waals surface area contributed by atoms with Crippen molar-refractivity contribution in [3.8, 4) is 0 Å². The number of hydrogen-bond acceptors (Lipinski definition) is 4. The van der Waals surface area contributed by atoms with Crippen LogP contribution in [0.5, 0.6) is 0 Å². The maximum atomic E-state index is 13.0. The summed E-state index contributed by atoms with van der Waals surface area (Å²) in [6, 6.07) is 6.91. The van der Waals surface area contributed by atoms with Crippen LogP contribution in [0, 0.1) is 0 Å². The van der Waals surface area contributed by atoms with Gasteiger partial charge in [0.2, 0.25) is 15.9 Å². The smallest absolute Gasteiger partial charge is 0.243 e. The molecule has 7 heteroatoms. The third kappa shape index (κ3) is 5.03. The van der Waals surface area contributed by atoms with Crippen molar-refractivity contribution >= 4 is 15.9 Å². The third-order valence-corrected chi connectivity index (χ3v) is 6.60. The summed E-state index contributed by atoms with van der Waals surface area (Å²) in [5.41, 5.74) is 6.49. The summed E-state index contributed by atoms with van der Waals surface area (Å²) in [6.45, 7) is 5.27. The molecule has 0 bridgehead atoms. The van der Waals surface area contributed by atoms with Crippen LogP contribution in [0.4, 0.5) is 0 Å². The summed E-state index contributed by atoms with van der Waals surface area (Å²) < 4.78 is 27.6. The van der Waals surface area contributed by atoms with Gasteiger partial charge >= 0.3 is 0 Å². The van der Waals surface area contributed by atoms with E-state index in [2.05, 4.69) is 19.2 Å². The van der Waals surface area contributed by atoms with Crippen molar-refractivity contribution in [2.45, 2.75) is 56.4 Å². The first kappa shape index (κ1) is 19.9. The maximum Gasteiger partial charge on any atom is 0.243 e. The highest BCUT2D eigenvalue weighted by atomic mass is 32.2. The van der Waals surface area contributed by atoms with E-state index in [0.29, 0.717) is 30.4 Å². The van der Waals surface area contributed by atoms with Gasteiger partial charge in [-0.15, -0.1) is 0 Å². The Hall–Kier alpha value is -1.44. The Balaban J connectivity index is 2.15. The Morgan fingerprint density at radius 1 is 1.28 bits per heavy atom. The molecule has 0 radical (unpaired) electrons. The maximum absolute atomic E-state index is 13.0. The van der Waals surface area contributed by atoms with Gasteiger partial charge in [-0.2, -0.15) is 4.31 Å². The topological polar surface area (TPSA) is 92.5 Å². The number of nitrogens with two attached hydrogens (primary N) is 1. The van der Waals surface area contributed by atoms with Gasteiger partial charge in [0.25, 0.3) is 0 Å². The molecule has 0 saturated carbocycles. The largest absolute Gasteiger partial charge is 0.354 e. The van der Waals surface area contributed by atoms with Crippen LogP contribution in [0.25, 0.3) is 0 Å². The standard InChI is InChI=1S/C18H29N3O3S/c1-14(2)15-6-8-17(9-7-15)25(23,24)21-12-4-3-5-16(21)13-20-18(22)10-11-19/h6-9,14,16H,3-5,10-13,19H2,1-2H3,(H,20,22). The molecule has 1 amide bonds. The van der Waals surface area contributed by atoms with E-state index in [1.54, 1.807) is 16.4 Å². The lowest BCUT2D eigenvalue weighted by Gasteiger charge is -2.34. The van der Waals surface area contributed by atoms with Gasteiger partial charge in [-0.1, -0.05) is 32.4 Å². The van der Waals surface area contributed by atoms with Crippen LogP contribution in [0.2, 0.25) is 0 Å². The summed E-state index contributed by atoms with van der Waals surface area (Å²) in [6.07, 6.45) is 2.83. The Bertz CT molecular complexity index is 671. The minimum absolute atomic E-state index is 0.133. The minimum Gasteiger partial charge on any atom is -0.354 e. The van der Waals surface area contributed by atoms with Gasteiger partial charge in [0.1, 0.15) is 0 Å². The fourth-order valence-electron chi connectivity index (χ4n) is 3.11. The van der Waals surface area contributed by atoms with Crippen molar-refractivity contribution in [3.05, 3.63) is 29.8 Å². The molecule has 1 saturated heterocycles. The molecule has 6 nitrogen and oxygen atoms in total. The van der Waals surface area contributed by atoms with Gasteiger partial charge in [0.05, 0.1) is 4.90 Å². The highest BCUT2D eigenvalue weighted by Crippen LogP contribution is 2.26. The van der Waals surface area contributed by atoms with Crippen molar-refractivity contribution in [2.75, 3.05) is 19.6 Å². The molecule has 1 aromatic carbocycles. The van der Waals surface area contributed by atoms with E-state index in [1.165, 1.54) is 0 Å². The number of benzene rings is 1.